The van der Waals surface area contributed by atoms with Gasteiger partial charge >= 0.3 is 6.09 Å². The zero-order valence-corrected chi connectivity index (χ0v) is 10.1. The molecule has 0 unspecified atom stereocenters. The molecule has 3 heteroatoms. The van der Waals surface area contributed by atoms with Gasteiger partial charge in [-0.2, -0.15) is 0 Å². The van der Waals surface area contributed by atoms with Crippen LogP contribution in [0.15, 0.2) is 0 Å². The van der Waals surface area contributed by atoms with E-state index >= 15 is 0 Å². The molecule has 0 radical (unpaired) electrons. The number of amides is 1. The number of carbonyl (C=O) groups is 1. The summed E-state index contributed by atoms with van der Waals surface area (Å²) in [6.45, 7) is 1.40. The Labute approximate surface area is 98.1 Å². The molecule has 2 aliphatic rings. The van der Waals surface area contributed by atoms with Crippen molar-refractivity contribution in [2.24, 2.45) is 0 Å². The van der Waals surface area contributed by atoms with Crippen molar-refractivity contribution in [1.29, 1.82) is 0 Å². The zero-order chi connectivity index (χ0) is 11.2. The summed E-state index contributed by atoms with van der Waals surface area (Å²) in [6.07, 6.45) is 11.6. The Hall–Kier alpha value is -0.730. The van der Waals surface area contributed by atoms with E-state index in [-0.39, 0.29) is 6.09 Å². The fourth-order valence-electron chi connectivity index (χ4n) is 2.84. The maximum absolute atomic E-state index is 11.5. The van der Waals surface area contributed by atoms with E-state index in [0.29, 0.717) is 12.6 Å². The monoisotopic (exact) mass is 225 g/mol. The summed E-state index contributed by atoms with van der Waals surface area (Å²) >= 11 is 0. The molecule has 0 N–H and O–H groups in total. The van der Waals surface area contributed by atoms with E-state index in [1.165, 1.54) is 57.8 Å². The molecule has 16 heavy (non-hydrogen) atoms. The second-order valence-corrected chi connectivity index (χ2v) is 5.01. The van der Waals surface area contributed by atoms with Gasteiger partial charge < -0.3 is 9.64 Å². The molecule has 2 rings (SSSR count). The maximum atomic E-state index is 11.5. The molecular formula is C13H23NO2. The van der Waals surface area contributed by atoms with Gasteiger partial charge in [-0.15, -0.1) is 0 Å². The van der Waals surface area contributed by atoms with Crippen LogP contribution in [-0.4, -0.2) is 30.2 Å². The van der Waals surface area contributed by atoms with E-state index in [0.717, 1.165) is 6.54 Å². The number of hydrogen-bond donors (Lipinski definition) is 0. The molecule has 1 aliphatic carbocycles. The summed E-state index contributed by atoms with van der Waals surface area (Å²) in [5, 5.41) is 0. The first kappa shape index (κ1) is 11.7. The lowest BCUT2D eigenvalue weighted by Crippen LogP contribution is -2.36. The number of carbonyl (C=O) groups excluding carboxylic acids is 1. The summed E-state index contributed by atoms with van der Waals surface area (Å²) in [5.41, 5.74) is 0. The Kier molecular flexibility index (Phi) is 4.49. The SMILES string of the molecule is O=C1OCCN1C1CCCCCCCCC1. The van der Waals surface area contributed by atoms with Crippen LogP contribution in [0.1, 0.15) is 57.8 Å². The number of rotatable bonds is 1. The molecule has 0 aromatic rings. The molecule has 92 valence electrons. The molecule has 0 atom stereocenters. The lowest BCUT2D eigenvalue weighted by Gasteiger charge is -2.26. The van der Waals surface area contributed by atoms with E-state index in [1.54, 1.807) is 0 Å². The normalized spacial score (nSPS) is 25.5. The predicted molar refractivity (Wildman–Crippen MR) is 63.4 cm³/mol. The maximum Gasteiger partial charge on any atom is 0.410 e. The molecule has 1 amide bonds. The molecule has 0 aromatic carbocycles. The minimum absolute atomic E-state index is 0.0814. The van der Waals surface area contributed by atoms with Crippen LogP contribution in [0.5, 0.6) is 0 Å². The minimum atomic E-state index is -0.0814. The van der Waals surface area contributed by atoms with E-state index in [2.05, 4.69) is 0 Å². The lowest BCUT2D eigenvalue weighted by atomic mass is 9.97. The van der Waals surface area contributed by atoms with E-state index < -0.39 is 0 Å². The molecular weight excluding hydrogens is 202 g/mol. The van der Waals surface area contributed by atoms with Gasteiger partial charge in [0.1, 0.15) is 6.61 Å². The van der Waals surface area contributed by atoms with Crippen molar-refractivity contribution in [3.63, 3.8) is 0 Å². The van der Waals surface area contributed by atoms with Crippen LogP contribution in [-0.2, 0) is 4.74 Å². The van der Waals surface area contributed by atoms with Crippen molar-refractivity contribution < 1.29 is 9.53 Å². The van der Waals surface area contributed by atoms with Crippen LogP contribution in [0.25, 0.3) is 0 Å². The highest BCUT2D eigenvalue weighted by Crippen LogP contribution is 2.22. The molecule has 0 bridgehead atoms. The second kappa shape index (κ2) is 6.12. The molecule has 0 aromatic heterocycles. The van der Waals surface area contributed by atoms with Gasteiger partial charge in [0.2, 0.25) is 0 Å². The Morgan fingerprint density at radius 2 is 1.50 bits per heavy atom. The van der Waals surface area contributed by atoms with Gasteiger partial charge in [-0.3, -0.25) is 0 Å². The molecule has 1 saturated heterocycles. The first-order valence-corrected chi connectivity index (χ1v) is 6.81. The van der Waals surface area contributed by atoms with Gasteiger partial charge in [0.25, 0.3) is 0 Å². The number of nitrogens with zero attached hydrogens (tertiary/aromatic N) is 1. The average Bonchev–Trinajstić information content (AvgIpc) is 2.72. The van der Waals surface area contributed by atoms with Crippen molar-refractivity contribution >= 4 is 6.09 Å². The Morgan fingerprint density at radius 3 is 2.00 bits per heavy atom. The standard InChI is InChI=1S/C13H23NO2/c15-13-14(10-11-16-13)12-8-6-4-2-1-3-5-7-9-12/h12H,1-11H2. The topological polar surface area (TPSA) is 29.5 Å². The number of cyclic esters (lactones) is 1. The van der Waals surface area contributed by atoms with Crippen LogP contribution in [0.3, 0.4) is 0 Å². The Balaban J connectivity index is 1.86. The van der Waals surface area contributed by atoms with Crippen LogP contribution in [0.4, 0.5) is 4.79 Å². The van der Waals surface area contributed by atoms with Gasteiger partial charge in [0, 0.05) is 6.04 Å². The minimum Gasteiger partial charge on any atom is -0.448 e. The second-order valence-electron chi connectivity index (χ2n) is 5.01. The smallest absolute Gasteiger partial charge is 0.410 e. The summed E-state index contributed by atoms with van der Waals surface area (Å²) in [7, 11) is 0. The number of hydrogen-bond acceptors (Lipinski definition) is 2. The Morgan fingerprint density at radius 1 is 0.938 bits per heavy atom. The Bertz CT molecular complexity index is 220. The average molecular weight is 225 g/mol. The van der Waals surface area contributed by atoms with Gasteiger partial charge in [0.05, 0.1) is 6.54 Å². The highest BCUT2D eigenvalue weighted by molar-refractivity contribution is 5.69. The number of ether oxygens (including phenoxy) is 1. The first-order chi connectivity index (χ1) is 7.88. The van der Waals surface area contributed by atoms with Gasteiger partial charge in [-0.05, 0) is 12.8 Å². The molecule has 3 nitrogen and oxygen atoms in total. The molecule has 1 aliphatic heterocycles. The third kappa shape index (κ3) is 3.13. The third-order valence-corrected chi connectivity index (χ3v) is 3.81. The lowest BCUT2D eigenvalue weighted by molar-refractivity contribution is 0.142. The van der Waals surface area contributed by atoms with E-state index in [4.69, 9.17) is 4.74 Å². The van der Waals surface area contributed by atoms with Crippen LogP contribution in [0, 0.1) is 0 Å². The van der Waals surface area contributed by atoms with Crippen molar-refractivity contribution in [1.82, 2.24) is 4.90 Å². The molecule has 1 saturated carbocycles. The van der Waals surface area contributed by atoms with Crippen LogP contribution < -0.4 is 0 Å². The van der Waals surface area contributed by atoms with Crippen molar-refractivity contribution in [3.05, 3.63) is 0 Å². The summed E-state index contributed by atoms with van der Waals surface area (Å²) in [6, 6.07) is 0.452. The van der Waals surface area contributed by atoms with Crippen LogP contribution >= 0.6 is 0 Å². The molecule has 0 spiro atoms. The zero-order valence-electron chi connectivity index (χ0n) is 10.1. The first-order valence-electron chi connectivity index (χ1n) is 6.81. The summed E-state index contributed by atoms with van der Waals surface area (Å²) in [5.74, 6) is 0. The predicted octanol–water partition coefficient (Wildman–Crippen LogP) is 3.33. The molecule has 2 fully saturated rings. The quantitative estimate of drug-likeness (QED) is 0.685. The van der Waals surface area contributed by atoms with E-state index in [9.17, 15) is 4.79 Å². The largest absolute Gasteiger partial charge is 0.448 e. The summed E-state index contributed by atoms with van der Waals surface area (Å²) in [4.78, 5) is 13.5. The highest BCUT2D eigenvalue weighted by Gasteiger charge is 2.28. The third-order valence-electron chi connectivity index (χ3n) is 3.81. The summed E-state index contributed by atoms with van der Waals surface area (Å²) < 4.78 is 5.03. The van der Waals surface area contributed by atoms with Gasteiger partial charge in [-0.25, -0.2) is 4.79 Å². The molecule has 1 heterocycles. The van der Waals surface area contributed by atoms with Gasteiger partial charge in [-0.1, -0.05) is 44.9 Å². The van der Waals surface area contributed by atoms with Crippen molar-refractivity contribution in [3.8, 4) is 0 Å². The van der Waals surface area contributed by atoms with E-state index in [1.807, 2.05) is 4.90 Å². The van der Waals surface area contributed by atoms with Crippen molar-refractivity contribution in [2.75, 3.05) is 13.2 Å². The van der Waals surface area contributed by atoms with Crippen molar-refractivity contribution in [2.45, 2.75) is 63.8 Å². The highest BCUT2D eigenvalue weighted by atomic mass is 16.6. The van der Waals surface area contributed by atoms with Gasteiger partial charge in [0.15, 0.2) is 0 Å². The fourth-order valence-corrected chi connectivity index (χ4v) is 2.84. The fraction of sp³-hybridized carbons (Fsp3) is 0.923. The van der Waals surface area contributed by atoms with Crippen LogP contribution in [0.2, 0.25) is 0 Å².